The van der Waals surface area contributed by atoms with Crippen molar-refractivity contribution in [2.45, 2.75) is 6.54 Å². The Morgan fingerprint density at radius 2 is 1.90 bits per heavy atom. The minimum absolute atomic E-state index is 0.234. The number of halogens is 2. The number of carboxylic acid groups (broad SMARTS) is 1. The molecule has 0 aliphatic heterocycles. The maximum Gasteiger partial charge on any atom is 0.323 e. The van der Waals surface area contributed by atoms with Gasteiger partial charge in [-0.25, -0.2) is 9.97 Å². The Balaban J connectivity index is 1.90. The van der Waals surface area contributed by atoms with Gasteiger partial charge in [0.15, 0.2) is 0 Å². The van der Waals surface area contributed by atoms with Crippen LogP contribution in [-0.2, 0) is 11.3 Å². The van der Waals surface area contributed by atoms with Crippen LogP contribution >= 0.6 is 23.2 Å². The van der Waals surface area contributed by atoms with Crippen LogP contribution in [0.25, 0.3) is 16.6 Å². The molecule has 3 heterocycles. The van der Waals surface area contributed by atoms with Crippen LogP contribution in [0.3, 0.4) is 0 Å². The van der Waals surface area contributed by atoms with Gasteiger partial charge in [-0.15, -0.1) is 0 Å². The smallest absolute Gasteiger partial charge is 0.323 e. The summed E-state index contributed by atoms with van der Waals surface area (Å²) in [5.41, 5.74) is 2.17. The third kappa shape index (κ3) is 4.01. The average Bonchev–Trinajstić information content (AvgIpc) is 3.25. The van der Waals surface area contributed by atoms with Crippen LogP contribution in [0.5, 0.6) is 0 Å². The Morgan fingerprint density at radius 1 is 1.10 bits per heavy atom. The minimum Gasteiger partial charge on any atom is -0.480 e. The van der Waals surface area contributed by atoms with Crippen molar-refractivity contribution in [3.8, 4) is 5.69 Å². The molecule has 7 nitrogen and oxygen atoms in total. The topological polar surface area (TPSA) is 84.1 Å². The van der Waals surface area contributed by atoms with Crippen LogP contribution < -0.4 is 4.90 Å². The summed E-state index contributed by atoms with van der Waals surface area (Å²) in [7, 11) is 0. The number of hydrogen-bond acceptors (Lipinski definition) is 5. The Kier molecular flexibility index (Phi) is 5.33. The summed E-state index contributed by atoms with van der Waals surface area (Å²) in [5, 5.41) is 10.9. The predicted molar refractivity (Wildman–Crippen MR) is 112 cm³/mol. The molecule has 0 atom stereocenters. The maximum atomic E-state index is 11.5. The highest BCUT2D eigenvalue weighted by Crippen LogP contribution is 2.35. The average molecular weight is 428 g/mol. The van der Waals surface area contributed by atoms with Crippen molar-refractivity contribution in [1.82, 2.24) is 19.5 Å². The molecule has 0 amide bonds. The van der Waals surface area contributed by atoms with Crippen molar-refractivity contribution < 1.29 is 9.90 Å². The number of fused-ring (bicyclic) bond motifs is 1. The number of carboxylic acids is 1. The lowest BCUT2D eigenvalue weighted by atomic mass is 10.1. The van der Waals surface area contributed by atoms with Gasteiger partial charge < -0.3 is 14.6 Å². The fourth-order valence-electron chi connectivity index (χ4n) is 3.07. The van der Waals surface area contributed by atoms with Crippen LogP contribution in [0.4, 0.5) is 5.82 Å². The number of pyridine rings is 2. The molecule has 146 valence electrons. The first-order valence-electron chi connectivity index (χ1n) is 8.65. The van der Waals surface area contributed by atoms with Gasteiger partial charge in [-0.3, -0.25) is 9.78 Å². The van der Waals surface area contributed by atoms with Crippen LogP contribution in [0.2, 0.25) is 10.0 Å². The molecule has 0 saturated carbocycles. The second-order valence-electron chi connectivity index (χ2n) is 6.33. The number of carbonyl (C=O) groups is 1. The van der Waals surface area contributed by atoms with E-state index in [2.05, 4.69) is 15.0 Å². The first-order chi connectivity index (χ1) is 14.0. The molecule has 0 spiro atoms. The van der Waals surface area contributed by atoms with Gasteiger partial charge >= 0.3 is 5.97 Å². The fourth-order valence-corrected chi connectivity index (χ4v) is 3.43. The lowest BCUT2D eigenvalue weighted by molar-refractivity contribution is -0.135. The first kappa shape index (κ1) is 19.2. The molecule has 9 heteroatoms. The summed E-state index contributed by atoms with van der Waals surface area (Å²) in [6.07, 6.45) is 8.44. The SMILES string of the molecule is O=C(O)CN(Cc1ccncc1)c1cc(-n2ccnc2)c2ccc(Cl)c(Cl)c2n1. The summed E-state index contributed by atoms with van der Waals surface area (Å²) in [5.74, 6) is -0.507. The minimum atomic E-state index is -0.970. The molecule has 0 radical (unpaired) electrons. The summed E-state index contributed by atoms with van der Waals surface area (Å²) >= 11 is 12.6. The van der Waals surface area contributed by atoms with E-state index in [9.17, 15) is 9.90 Å². The molecule has 3 aromatic heterocycles. The Bertz CT molecular complexity index is 1170. The summed E-state index contributed by atoms with van der Waals surface area (Å²) in [6, 6.07) is 9.02. The number of imidazole rings is 1. The summed E-state index contributed by atoms with van der Waals surface area (Å²) < 4.78 is 1.82. The van der Waals surface area contributed by atoms with Gasteiger partial charge in [0.25, 0.3) is 0 Å². The van der Waals surface area contributed by atoms with Gasteiger partial charge in [-0.2, -0.15) is 0 Å². The van der Waals surface area contributed by atoms with Gasteiger partial charge in [-0.1, -0.05) is 23.2 Å². The van der Waals surface area contributed by atoms with E-state index in [0.29, 0.717) is 27.9 Å². The highest BCUT2D eigenvalue weighted by molar-refractivity contribution is 6.45. The molecule has 0 unspecified atom stereocenters. The molecule has 0 aliphatic rings. The van der Waals surface area contributed by atoms with Crippen molar-refractivity contribution in [2.24, 2.45) is 0 Å². The van der Waals surface area contributed by atoms with Gasteiger partial charge in [0.05, 0.1) is 27.6 Å². The lowest BCUT2D eigenvalue weighted by Gasteiger charge is -2.23. The molecular formula is C20H15Cl2N5O2. The van der Waals surface area contributed by atoms with Crippen molar-refractivity contribution in [2.75, 3.05) is 11.4 Å². The number of rotatable bonds is 6. The molecule has 4 rings (SSSR count). The number of nitrogens with zero attached hydrogens (tertiary/aromatic N) is 5. The number of benzene rings is 1. The highest BCUT2D eigenvalue weighted by Gasteiger charge is 2.18. The van der Waals surface area contributed by atoms with E-state index in [-0.39, 0.29) is 6.54 Å². The summed E-state index contributed by atoms with van der Waals surface area (Å²) in [6.45, 7) is 0.108. The zero-order valence-electron chi connectivity index (χ0n) is 15.0. The van der Waals surface area contributed by atoms with E-state index in [1.165, 1.54) is 0 Å². The largest absolute Gasteiger partial charge is 0.480 e. The third-order valence-electron chi connectivity index (χ3n) is 4.39. The Morgan fingerprint density at radius 3 is 2.59 bits per heavy atom. The van der Waals surface area contributed by atoms with E-state index in [1.54, 1.807) is 42.1 Å². The van der Waals surface area contributed by atoms with Crippen LogP contribution in [-0.4, -0.2) is 37.1 Å². The number of aromatic nitrogens is 4. The highest BCUT2D eigenvalue weighted by atomic mass is 35.5. The third-order valence-corrected chi connectivity index (χ3v) is 5.19. The molecule has 1 aromatic carbocycles. The molecule has 0 bridgehead atoms. The summed E-state index contributed by atoms with van der Waals surface area (Å²) in [4.78, 5) is 25.9. The molecule has 0 aliphatic carbocycles. The van der Waals surface area contributed by atoms with Crippen molar-refractivity contribution in [3.63, 3.8) is 0 Å². The molecule has 29 heavy (non-hydrogen) atoms. The quantitative estimate of drug-likeness (QED) is 0.495. The molecule has 0 fully saturated rings. The molecule has 4 aromatic rings. The van der Waals surface area contributed by atoms with Crippen molar-refractivity contribution in [1.29, 1.82) is 0 Å². The molecule has 0 saturated heterocycles. The predicted octanol–water partition coefficient (Wildman–Crippen LogP) is 4.21. The zero-order valence-corrected chi connectivity index (χ0v) is 16.5. The van der Waals surface area contributed by atoms with E-state index in [4.69, 9.17) is 23.2 Å². The second kappa shape index (κ2) is 8.06. The van der Waals surface area contributed by atoms with Crippen LogP contribution in [0, 0.1) is 0 Å². The first-order valence-corrected chi connectivity index (χ1v) is 9.41. The van der Waals surface area contributed by atoms with Crippen molar-refractivity contribution >= 4 is 45.9 Å². The second-order valence-corrected chi connectivity index (χ2v) is 7.12. The Labute approximate surface area is 176 Å². The fraction of sp³-hybridized carbons (Fsp3) is 0.100. The van der Waals surface area contributed by atoms with Gasteiger partial charge in [0.2, 0.25) is 0 Å². The number of hydrogen-bond donors (Lipinski definition) is 1. The van der Waals surface area contributed by atoms with E-state index < -0.39 is 5.97 Å². The van der Waals surface area contributed by atoms with Gasteiger partial charge in [-0.05, 0) is 29.8 Å². The molecular weight excluding hydrogens is 413 g/mol. The number of anilines is 1. The van der Waals surface area contributed by atoms with Crippen LogP contribution in [0.15, 0.2) is 61.4 Å². The monoisotopic (exact) mass is 427 g/mol. The molecule has 1 N–H and O–H groups in total. The van der Waals surface area contributed by atoms with Crippen molar-refractivity contribution in [3.05, 3.63) is 77.1 Å². The van der Waals surface area contributed by atoms with Crippen LogP contribution in [0.1, 0.15) is 5.56 Å². The van der Waals surface area contributed by atoms with Gasteiger partial charge in [0.1, 0.15) is 12.4 Å². The standard InChI is InChI=1S/C20H15Cl2N5O2/c21-15-2-1-14-16(26-8-7-24-12-26)9-17(25-20(14)19(15)22)27(11-18(28)29)10-13-3-5-23-6-4-13/h1-9,12H,10-11H2,(H,28,29). The lowest BCUT2D eigenvalue weighted by Crippen LogP contribution is -2.30. The van der Waals surface area contributed by atoms with E-state index >= 15 is 0 Å². The normalized spacial score (nSPS) is 11.0. The Hall–Kier alpha value is -3.16. The maximum absolute atomic E-state index is 11.5. The zero-order chi connectivity index (χ0) is 20.4. The van der Waals surface area contributed by atoms with Gasteiger partial charge in [0, 0.05) is 42.8 Å². The van der Waals surface area contributed by atoms with E-state index in [0.717, 1.165) is 16.6 Å². The van der Waals surface area contributed by atoms with E-state index in [1.807, 2.05) is 28.8 Å². The number of aliphatic carboxylic acids is 1.